The van der Waals surface area contributed by atoms with Gasteiger partial charge in [0.1, 0.15) is 12.1 Å². The predicted octanol–water partition coefficient (Wildman–Crippen LogP) is 0.677. The van der Waals surface area contributed by atoms with E-state index in [2.05, 4.69) is 10.6 Å². The van der Waals surface area contributed by atoms with Crippen LogP contribution in [-0.4, -0.2) is 41.0 Å². The van der Waals surface area contributed by atoms with Crippen molar-refractivity contribution in [2.75, 3.05) is 0 Å². The summed E-state index contributed by atoms with van der Waals surface area (Å²) in [6.07, 6.45) is 0.964. The Kier molecular flexibility index (Phi) is 8.07. The molecule has 1 aromatic carbocycles. The number of aliphatic carboxylic acids is 1. The van der Waals surface area contributed by atoms with E-state index in [-0.39, 0.29) is 5.92 Å². The van der Waals surface area contributed by atoms with Gasteiger partial charge in [0.15, 0.2) is 0 Å². The zero-order chi connectivity index (χ0) is 19.0. The maximum Gasteiger partial charge on any atom is 0.326 e. The molecule has 1 aromatic rings. The Hall–Kier alpha value is -2.41. The molecule has 1 rings (SSSR count). The minimum Gasteiger partial charge on any atom is -0.480 e. The molecule has 0 aliphatic carbocycles. The number of nitrogens with one attached hydrogen (secondary N) is 2. The minimum atomic E-state index is -1.10. The Labute approximate surface area is 148 Å². The van der Waals surface area contributed by atoms with Gasteiger partial charge in [-0.3, -0.25) is 9.59 Å². The molecule has 7 heteroatoms. The summed E-state index contributed by atoms with van der Waals surface area (Å²) in [6.45, 7) is 5.09. The van der Waals surface area contributed by atoms with Gasteiger partial charge in [-0.25, -0.2) is 4.79 Å². The fourth-order valence-electron chi connectivity index (χ4n) is 2.31. The number of nitrogens with two attached hydrogens (primary N) is 1. The fourth-order valence-corrected chi connectivity index (χ4v) is 2.31. The Balaban J connectivity index is 2.58. The van der Waals surface area contributed by atoms with Gasteiger partial charge in [-0.1, -0.05) is 50.6 Å². The molecule has 2 amide bonds. The van der Waals surface area contributed by atoms with Gasteiger partial charge in [-0.2, -0.15) is 0 Å². The number of carbonyl (C=O) groups excluding carboxylic acids is 2. The molecule has 0 heterocycles. The van der Waals surface area contributed by atoms with Gasteiger partial charge in [0.25, 0.3) is 0 Å². The minimum absolute atomic E-state index is 0.218. The number of rotatable bonds is 9. The highest BCUT2D eigenvalue weighted by Crippen LogP contribution is 2.08. The second kappa shape index (κ2) is 9.78. The molecule has 0 aliphatic heterocycles. The lowest BCUT2D eigenvalue weighted by Gasteiger charge is -2.23. The molecule has 0 saturated carbocycles. The average Bonchev–Trinajstić information content (AvgIpc) is 2.59. The molecule has 4 atom stereocenters. The highest BCUT2D eigenvalue weighted by molar-refractivity contribution is 5.91. The number of benzene rings is 1. The first kappa shape index (κ1) is 20.6. The first-order chi connectivity index (χ1) is 11.8. The van der Waals surface area contributed by atoms with Gasteiger partial charge in [-0.15, -0.1) is 0 Å². The molecule has 0 saturated heterocycles. The van der Waals surface area contributed by atoms with Crippen molar-refractivity contribution in [3.05, 3.63) is 35.9 Å². The monoisotopic (exact) mass is 349 g/mol. The molecule has 0 aliphatic rings. The van der Waals surface area contributed by atoms with Gasteiger partial charge in [-0.05, 0) is 24.8 Å². The van der Waals surface area contributed by atoms with Crippen molar-refractivity contribution in [2.24, 2.45) is 11.7 Å². The highest BCUT2D eigenvalue weighted by Gasteiger charge is 2.28. The molecule has 0 bridgehead atoms. The maximum atomic E-state index is 12.2. The van der Waals surface area contributed by atoms with E-state index in [1.165, 1.54) is 6.92 Å². The van der Waals surface area contributed by atoms with Gasteiger partial charge >= 0.3 is 5.97 Å². The van der Waals surface area contributed by atoms with Crippen LogP contribution in [0.4, 0.5) is 0 Å². The van der Waals surface area contributed by atoms with E-state index in [1.54, 1.807) is 6.92 Å². The van der Waals surface area contributed by atoms with Crippen molar-refractivity contribution in [1.82, 2.24) is 10.6 Å². The average molecular weight is 349 g/mol. The van der Waals surface area contributed by atoms with Crippen LogP contribution in [0.1, 0.15) is 32.8 Å². The summed E-state index contributed by atoms with van der Waals surface area (Å²) in [5.74, 6) is -2.32. The molecule has 0 spiro atoms. The first-order valence-corrected chi connectivity index (χ1v) is 8.39. The topological polar surface area (TPSA) is 122 Å². The number of carboxylic acids is 1. The summed E-state index contributed by atoms with van der Waals surface area (Å²) in [4.78, 5) is 35.6. The second-order valence-corrected chi connectivity index (χ2v) is 6.24. The number of carbonyl (C=O) groups is 3. The Bertz CT molecular complexity index is 591. The molecule has 0 radical (unpaired) electrons. The Morgan fingerprint density at radius 2 is 1.68 bits per heavy atom. The third kappa shape index (κ3) is 6.54. The smallest absolute Gasteiger partial charge is 0.326 e. The van der Waals surface area contributed by atoms with E-state index < -0.39 is 35.9 Å². The molecule has 0 fully saturated rings. The molecule has 25 heavy (non-hydrogen) atoms. The lowest BCUT2D eigenvalue weighted by molar-refractivity contribution is -0.143. The van der Waals surface area contributed by atoms with Crippen molar-refractivity contribution >= 4 is 17.8 Å². The van der Waals surface area contributed by atoms with Crippen LogP contribution in [0.5, 0.6) is 0 Å². The number of amides is 2. The quantitative estimate of drug-likeness (QED) is 0.522. The number of hydrogen-bond acceptors (Lipinski definition) is 4. The van der Waals surface area contributed by atoms with Crippen LogP contribution in [-0.2, 0) is 20.8 Å². The van der Waals surface area contributed by atoms with E-state index in [9.17, 15) is 19.5 Å². The summed E-state index contributed by atoms with van der Waals surface area (Å²) >= 11 is 0. The Morgan fingerprint density at radius 1 is 1.08 bits per heavy atom. The fraction of sp³-hybridized carbons (Fsp3) is 0.500. The molecule has 4 unspecified atom stereocenters. The number of hydrogen-bond donors (Lipinski definition) is 4. The van der Waals surface area contributed by atoms with Crippen LogP contribution in [0.2, 0.25) is 0 Å². The SMILES string of the molecule is CCC(C)C(NC(=O)C(C)NC(=O)C(N)Cc1ccccc1)C(=O)O. The first-order valence-electron chi connectivity index (χ1n) is 8.39. The summed E-state index contributed by atoms with van der Waals surface area (Å²) in [5, 5.41) is 14.2. The van der Waals surface area contributed by atoms with Gasteiger partial charge in [0.05, 0.1) is 6.04 Å². The van der Waals surface area contributed by atoms with Crippen molar-refractivity contribution in [2.45, 2.75) is 51.7 Å². The lowest BCUT2D eigenvalue weighted by Crippen LogP contribution is -2.54. The Morgan fingerprint density at radius 3 is 2.20 bits per heavy atom. The van der Waals surface area contributed by atoms with Gasteiger partial charge < -0.3 is 21.5 Å². The van der Waals surface area contributed by atoms with Crippen molar-refractivity contribution in [3.63, 3.8) is 0 Å². The van der Waals surface area contributed by atoms with Crippen molar-refractivity contribution in [3.8, 4) is 0 Å². The standard InChI is InChI=1S/C18H27N3O4/c1-4-11(2)15(18(24)25)21-16(22)12(3)20-17(23)14(19)10-13-8-6-5-7-9-13/h5-9,11-12,14-15H,4,10,19H2,1-3H3,(H,20,23)(H,21,22)(H,24,25). The van der Waals surface area contributed by atoms with Crippen LogP contribution >= 0.6 is 0 Å². The van der Waals surface area contributed by atoms with Crippen molar-refractivity contribution in [1.29, 1.82) is 0 Å². The predicted molar refractivity (Wildman–Crippen MR) is 94.7 cm³/mol. The van der Waals surface area contributed by atoms with E-state index in [0.717, 1.165) is 5.56 Å². The third-order valence-corrected chi connectivity index (χ3v) is 4.16. The summed E-state index contributed by atoms with van der Waals surface area (Å²) in [7, 11) is 0. The highest BCUT2D eigenvalue weighted by atomic mass is 16.4. The normalized spacial score (nSPS) is 15.5. The molecule has 138 valence electrons. The lowest BCUT2D eigenvalue weighted by atomic mass is 9.99. The zero-order valence-corrected chi connectivity index (χ0v) is 14.9. The molecule has 0 aromatic heterocycles. The van der Waals surface area contributed by atoms with Crippen LogP contribution in [0, 0.1) is 5.92 Å². The van der Waals surface area contributed by atoms with E-state index in [0.29, 0.717) is 12.8 Å². The van der Waals surface area contributed by atoms with E-state index in [1.807, 2.05) is 37.3 Å². The number of carboxylic acid groups (broad SMARTS) is 1. The van der Waals surface area contributed by atoms with Gasteiger partial charge in [0.2, 0.25) is 11.8 Å². The van der Waals surface area contributed by atoms with Crippen molar-refractivity contribution < 1.29 is 19.5 Å². The molecular formula is C18H27N3O4. The van der Waals surface area contributed by atoms with Crippen LogP contribution < -0.4 is 16.4 Å². The van der Waals surface area contributed by atoms with Crippen LogP contribution in [0.15, 0.2) is 30.3 Å². The van der Waals surface area contributed by atoms with Crippen LogP contribution in [0.3, 0.4) is 0 Å². The largest absolute Gasteiger partial charge is 0.480 e. The van der Waals surface area contributed by atoms with Crippen LogP contribution in [0.25, 0.3) is 0 Å². The second-order valence-electron chi connectivity index (χ2n) is 6.24. The van der Waals surface area contributed by atoms with E-state index in [4.69, 9.17) is 5.73 Å². The zero-order valence-electron chi connectivity index (χ0n) is 14.9. The van der Waals surface area contributed by atoms with Gasteiger partial charge in [0, 0.05) is 0 Å². The maximum absolute atomic E-state index is 12.2. The molecule has 5 N–H and O–H groups in total. The summed E-state index contributed by atoms with van der Waals surface area (Å²) in [5.41, 5.74) is 6.80. The van der Waals surface area contributed by atoms with E-state index >= 15 is 0 Å². The third-order valence-electron chi connectivity index (χ3n) is 4.16. The summed E-state index contributed by atoms with van der Waals surface area (Å²) < 4.78 is 0. The molecule has 7 nitrogen and oxygen atoms in total. The summed E-state index contributed by atoms with van der Waals surface area (Å²) in [6, 6.07) is 6.67. The molecular weight excluding hydrogens is 322 g/mol.